The van der Waals surface area contributed by atoms with Crippen LogP contribution in [-0.2, 0) is 6.42 Å². The quantitative estimate of drug-likeness (QED) is 0.679. The van der Waals surface area contributed by atoms with Crippen molar-refractivity contribution in [1.29, 1.82) is 10.5 Å². The third-order valence-electron chi connectivity index (χ3n) is 6.59. The van der Waals surface area contributed by atoms with E-state index in [0.29, 0.717) is 5.92 Å². The molecule has 0 saturated carbocycles. The minimum absolute atomic E-state index is 0.285. The van der Waals surface area contributed by atoms with Crippen molar-refractivity contribution < 1.29 is 0 Å². The molecule has 1 saturated heterocycles. The second-order valence-corrected chi connectivity index (χ2v) is 8.30. The zero-order valence-corrected chi connectivity index (χ0v) is 16.4. The highest BCUT2D eigenvalue weighted by atomic mass is 15.1. The molecule has 142 valence electrons. The van der Waals surface area contributed by atoms with Gasteiger partial charge in [-0.25, -0.2) is 0 Å². The summed E-state index contributed by atoms with van der Waals surface area (Å²) in [7, 11) is 0. The fourth-order valence-corrected chi connectivity index (χ4v) is 4.93. The van der Waals surface area contributed by atoms with Crippen LogP contribution in [0.5, 0.6) is 0 Å². The predicted molar refractivity (Wildman–Crippen MR) is 111 cm³/mol. The third-order valence-corrected chi connectivity index (χ3v) is 6.59. The van der Waals surface area contributed by atoms with Crippen molar-refractivity contribution in [2.24, 2.45) is 11.8 Å². The molecule has 2 aliphatic carbocycles. The highest BCUT2D eigenvalue weighted by molar-refractivity contribution is 5.49. The lowest BCUT2D eigenvalue weighted by atomic mass is 9.77. The van der Waals surface area contributed by atoms with Crippen LogP contribution in [-0.4, -0.2) is 18.0 Å². The number of allylic oxidation sites excluding steroid dienone is 6. The summed E-state index contributed by atoms with van der Waals surface area (Å²) >= 11 is 0. The van der Waals surface area contributed by atoms with Crippen molar-refractivity contribution in [2.45, 2.75) is 44.9 Å². The maximum absolute atomic E-state index is 9.18. The number of rotatable bonds is 3. The van der Waals surface area contributed by atoms with Crippen LogP contribution >= 0.6 is 0 Å². The van der Waals surface area contributed by atoms with Gasteiger partial charge in [0.1, 0.15) is 17.7 Å². The van der Waals surface area contributed by atoms with Gasteiger partial charge in [-0.15, -0.1) is 0 Å². The first kappa shape index (κ1) is 18.6. The van der Waals surface area contributed by atoms with Gasteiger partial charge in [-0.1, -0.05) is 36.4 Å². The van der Waals surface area contributed by atoms with Crippen LogP contribution in [0.2, 0.25) is 0 Å². The highest BCUT2D eigenvalue weighted by Crippen LogP contribution is 2.39. The van der Waals surface area contributed by atoms with Crippen molar-refractivity contribution >= 4 is 0 Å². The largest absolute Gasteiger partial charge is 0.375 e. The molecule has 0 bridgehead atoms. The van der Waals surface area contributed by atoms with E-state index in [1.165, 1.54) is 42.5 Å². The molecule has 4 rings (SSSR count). The molecular weight excluding hydrogens is 342 g/mol. The van der Waals surface area contributed by atoms with E-state index in [4.69, 9.17) is 0 Å². The van der Waals surface area contributed by atoms with Crippen molar-refractivity contribution in [3.8, 4) is 12.1 Å². The van der Waals surface area contributed by atoms with Gasteiger partial charge in [0.05, 0.1) is 0 Å². The van der Waals surface area contributed by atoms with Gasteiger partial charge < -0.3 is 4.90 Å². The van der Waals surface area contributed by atoms with Crippen LogP contribution < -0.4 is 0 Å². The van der Waals surface area contributed by atoms with Gasteiger partial charge in [0.2, 0.25) is 0 Å². The number of piperidine rings is 1. The summed E-state index contributed by atoms with van der Waals surface area (Å²) in [5.41, 5.74) is 5.45. The van der Waals surface area contributed by atoms with Gasteiger partial charge in [0.25, 0.3) is 0 Å². The molecule has 3 heteroatoms. The van der Waals surface area contributed by atoms with Crippen LogP contribution in [0, 0.1) is 34.5 Å². The Morgan fingerprint density at radius 3 is 2.36 bits per heavy atom. The molecule has 1 aliphatic heterocycles. The van der Waals surface area contributed by atoms with Crippen LogP contribution in [0.1, 0.15) is 44.1 Å². The first-order valence-corrected chi connectivity index (χ1v) is 10.5. The van der Waals surface area contributed by atoms with Gasteiger partial charge in [-0.2, -0.15) is 10.5 Å². The fraction of sp³-hybridized carbons (Fsp3) is 0.440. The summed E-state index contributed by atoms with van der Waals surface area (Å²) < 4.78 is 0. The summed E-state index contributed by atoms with van der Waals surface area (Å²) in [5, 5.41) is 18.4. The standard InChI is InChI=1S/C25H27N3/c26-17-24(18-27)22-7-6-21-8-9-25(16-23(21)15-22)28-12-10-20(11-13-28)14-19-4-2-1-3-5-19/h1-5,15-16,20-21H,6-14H2. The Bertz CT molecular complexity index is 868. The molecule has 0 radical (unpaired) electrons. The maximum atomic E-state index is 9.18. The summed E-state index contributed by atoms with van der Waals surface area (Å²) in [4.78, 5) is 2.58. The molecule has 1 atom stereocenters. The van der Waals surface area contributed by atoms with Crippen molar-refractivity contribution in [2.75, 3.05) is 13.1 Å². The normalized spacial score (nSPS) is 22.4. The second kappa shape index (κ2) is 8.49. The average Bonchev–Trinajstić information content (AvgIpc) is 2.75. The zero-order valence-electron chi connectivity index (χ0n) is 16.4. The van der Waals surface area contributed by atoms with E-state index in [0.717, 1.165) is 43.8 Å². The Balaban J connectivity index is 1.43. The highest BCUT2D eigenvalue weighted by Gasteiger charge is 2.28. The van der Waals surface area contributed by atoms with Crippen molar-refractivity contribution in [3.63, 3.8) is 0 Å². The monoisotopic (exact) mass is 369 g/mol. The number of benzene rings is 1. The average molecular weight is 370 g/mol. The molecule has 3 nitrogen and oxygen atoms in total. The molecule has 1 heterocycles. The minimum Gasteiger partial charge on any atom is -0.375 e. The number of fused-ring (bicyclic) bond motifs is 1. The topological polar surface area (TPSA) is 50.8 Å². The first-order chi connectivity index (χ1) is 13.8. The SMILES string of the molecule is N#CC(C#N)=C1C=C2C=C(N3CCC(Cc4ccccc4)CC3)CCC2CC1. The van der Waals surface area contributed by atoms with E-state index in [9.17, 15) is 10.5 Å². The van der Waals surface area contributed by atoms with Gasteiger partial charge >= 0.3 is 0 Å². The molecule has 1 aromatic carbocycles. The van der Waals surface area contributed by atoms with E-state index < -0.39 is 0 Å². The minimum atomic E-state index is 0.285. The lowest BCUT2D eigenvalue weighted by Gasteiger charge is -2.38. The Hall–Kier alpha value is -2.78. The Morgan fingerprint density at radius 2 is 1.64 bits per heavy atom. The summed E-state index contributed by atoms with van der Waals surface area (Å²) in [5.74, 6) is 1.38. The van der Waals surface area contributed by atoms with Crippen molar-refractivity contribution in [1.82, 2.24) is 4.90 Å². The number of hydrogen-bond acceptors (Lipinski definition) is 3. The van der Waals surface area contributed by atoms with E-state index in [2.05, 4.69) is 59.5 Å². The van der Waals surface area contributed by atoms with E-state index in [1.54, 1.807) is 0 Å². The lowest BCUT2D eigenvalue weighted by molar-refractivity contribution is 0.215. The van der Waals surface area contributed by atoms with Gasteiger partial charge in [-0.05, 0) is 79.6 Å². The van der Waals surface area contributed by atoms with Gasteiger partial charge in [-0.3, -0.25) is 0 Å². The smallest absolute Gasteiger partial charge is 0.132 e. The predicted octanol–water partition coefficient (Wildman–Crippen LogP) is 5.30. The summed E-state index contributed by atoms with van der Waals surface area (Å²) in [6.45, 7) is 2.29. The number of nitrogens with zero attached hydrogens (tertiary/aromatic N) is 3. The van der Waals surface area contributed by atoms with Crippen LogP contribution in [0.3, 0.4) is 0 Å². The zero-order chi connectivity index (χ0) is 19.3. The molecule has 3 aliphatic rings. The van der Waals surface area contributed by atoms with Crippen LogP contribution in [0.4, 0.5) is 0 Å². The number of hydrogen-bond donors (Lipinski definition) is 0. The van der Waals surface area contributed by atoms with E-state index in [-0.39, 0.29) is 5.57 Å². The Labute approximate surface area is 168 Å². The maximum Gasteiger partial charge on any atom is 0.132 e. The molecule has 0 amide bonds. The summed E-state index contributed by atoms with van der Waals surface area (Å²) in [6.07, 6.45) is 12.5. The second-order valence-electron chi connectivity index (χ2n) is 8.30. The molecule has 0 N–H and O–H groups in total. The molecular formula is C25H27N3. The molecule has 0 spiro atoms. The first-order valence-electron chi connectivity index (χ1n) is 10.5. The number of likely N-dealkylation sites (tertiary alicyclic amines) is 1. The summed E-state index contributed by atoms with van der Waals surface area (Å²) in [6, 6.07) is 15.0. The van der Waals surface area contributed by atoms with Gasteiger partial charge in [0.15, 0.2) is 0 Å². The lowest BCUT2D eigenvalue weighted by Crippen LogP contribution is -2.35. The third kappa shape index (κ3) is 4.05. The Morgan fingerprint density at radius 1 is 0.929 bits per heavy atom. The van der Waals surface area contributed by atoms with E-state index in [1.807, 2.05) is 0 Å². The number of nitriles is 2. The fourth-order valence-electron chi connectivity index (χ4n) is 4.93. The molecule has 1 aromatic rings. The van der Waals surface area contributed by atoms with Crippen molar-refractivity contribution in [3.05, 3.63) is 70.5 Å². The van der Waals surface area contributed by atoms with Crippen LogP contribution in [0.25, 0.3) is 0 Å². The van der Waals surface area contributed by atoms with Gasteiger partial charge in [0, 0.05) is 18.8 Å². The molecule has 0 aromatic heterocycles. The van der Waals surface area contributed by atoms with E-state index >= 15 is 0 Å². The molecule has 28 heavy (non-hydrogen) atoms. The molecule has 1 unspecified atom stereocenters. The Kier molecular flexibility index (Phi) is 5.63. The van der Waals surface area contributed by atoms with Crippen LogP contribution in [0.15, 0.2) is 64.9 Å². The molecule has 1 fully saturated rings.